The van der Waals surface area contributed by atoms with Gasteiger partial charge in [-0.25, -0.2) is 4.68 Å². The molecule has 0 spiro atoms. The van der Waals surface area contributed by atoms with Crippen molar-refractivity contribution in [1.82, 2.24) is 15.0 Å². The fourth-order valence-corrected chi connectivity index (χ4v) is 2.16. The predicted molar refractivity (Wildman–Crippen MR) is 69.1 cm³/mol. The van der Waals surface area contributed by atoms with Crippen LogP contribution in [0.4, 0.5) is 11.5 Å². The number of nitrogens with zero attached hydrogens (tertiary/aromatic N) is 4. The standard InChI is InChI=1S/C12H13N5O2/c1-7-2-5-9(6-10(7)17(18)19)16-11(8-3-4-8)12(13)14-15-16/h2,5-6,8H,3-4,13H2,1H3. The van der Waals surface area contributed by atoms with Gasteiger partial charge in [0.1, 0.15) is 0 Å². The Kier molecular flexibility index (Phi) is 2.48. The van der Waals surface area contributed by atoms with Gasteiger partial charge in [0, 0.05) is 17.5 Å². The normalized spacial score (nSPS) is 14.6. The molecule has 3 rings (SSSR count). The number of rotatable bonds is 3. The monoisotopic (exact) mass is 259 g/mol. The Bertz CT molecular complexity index is 660. The van der Waals surface area contributed by atoms with Crippen molar-refractivity contribution < 1.29 is 4.92 Å². The number of nitrogen functional groups attached to an aromatic ring is 1. The zero-order valence-electron chi connectivity index (χ0n) is 10.4. The molecule has 1 saturated carbocycles. The van der Waals surface area contributed by atoms with E-state index in [-0.39, 0.29) is 5.69 Å². The van der Waals surface area contributed by atoms with E-state index in [9.17, 15) is 10.1 Å². The summed E-state index contributed by atoms with van der Waals surface area (Å²) < 4.78 is 1.61. The second-order valence-corrected chi connectivity index (χ2v) is 4.77. The second kappa shape index (κ2) is 4.04. The molecule has 0 amide bonds. The Balaban J connectivity index is 2.12. The average molecular weight is 259 g/mol. The number of nitrogens with two attached hydrogens (primary N) is 1. The van der Waals surface area contributed by atoms with Crippen molar-refractivity contribution in [3.8, 4) is 5.69 Å². The van der Waals surface area contributed by atoms with Crippen LogP contribution in [-0.4, -0.2) is 19.9 Å². The van der Waals surface area contributed by atoms with Crippen LogP contribution in [0.3, 0.4) is 0 Å². The summed E-state index contributed by atoms with van der Waals surface area (Å²) >= 11 is 0. The molecule has 1 aromatic heterocycles. The van der Waals surface area contributed by atoms with Gasteiger partial charge in [0.2, 0.25) is 0 Å². The molecule has 0 unspecified atom stereocenters. The van der Waals surface area contributed by atoms with Gasteiger partial charge in [-0.15, -0.1) is 5.10 Å². The molecule has 7 heteroatoms. The number of nitro groups is 1. The number of aromatic nitrogens is 3. The lowest BCUT2D eigenvalue weighted by molar-refractivity contribution is -0.385. The third kappa shape index (κ3) is 1.92. The number of hydrogen-bond acceptors (Lipinski definition) is 5. The van der Waals surface area contributed by atoms with E-state index < -0.39 is 4.92 Å². The minimum absolute atomic E-state index is 0.0771. The zero-order chi connectivity index (χ0) is 13.6. The summed E-state index contributed by atoms with van der Waals surface area (Å²) in [4.78, 5) is 10.6. The Morgan fingerprint density at radius 3 is 2.84 bits per heavy atom. The van der Waals surface area contributed by atoms with Crippen molar-refractivity contribution >= 4 is 11.5 Å². The molecule has 0 aliphatic heterocycles. The summed E-state index contributed by atoms with van der Waals surface area (Å²) in [5.74, 6) is 0.779. The molecule has 19 heavy (non-hydrogen) atoms. The SMILES string of the molecule is Cc1ccc(-n2nnc(N)c2C2CC2)cc1[N+](=O)[O-]. The Hall–Kier alpha value is -2.44. The van der Waals surface area contributed by atoms with Gasteiger partial charge < -0.3 is 5.73 Å². The fourth-order valence-electron chi connectivity index (χ4n) is 2.16. The van der Waals surface area contributed by atoms with Gasteiger partial charge in [-0.2, -0.15) is 0 Å². The van der Waals surface area contributed by atoms with Gasteiger partial charge in [-0.3, -0.25) is 10.1 Å². The van der Waals surface area contributed by atoms with Crippen LogP contribution in [0.25, 0.3) is 5.69 Å². The van der Waals surface area contributed by atoms with E-state index in [1.165, 1.54) is 6.07 Å². The molecular formula is C12H13N5O2. The first-order valence-corrected chi connectivity index (χ1v) is 6.04. The minimum atomic E-state index is -0.393. The fraction of sp³-hybridized carbons (Fsp3) is 0.333. The minimum Gasteiger partial charge on any atom is -0.381 e. The van der Waals surface area contributed by atoms with Crippen LogP contribution in [0, 0.1) is 17.0 Å². The molecule has 0 atom stereocenters. The molecule has 1 aliphatic carbocycles. The van der Waals surface area contributed by atoms with Crippen molar-refractivity contribution in [1.29, 1.82) is 0 Å². The van der Waals surface area contributed by atoms with Gasteiger partial charge in [0.05, 0.1) is 16.3 Å². The van der Waals surface area contributed by atoms with Gasteiger partial charge in [0.25, 0.3) is 5.69 Å². The molecule has 98 valence electrons. The molecule has 1 heterocycles. The van der Waals surface area contributed by atoms with Crippen molar-refractivity contribution in [2.24, 2.45) is 0 Å². The summed E-state index contributed by atoms with van der Waals surface area (Å²) in [5.41, 5.74) is 8.00. The molecule has 0 bridgehead atoms. The van der Waals surface area contributed by atoms with Crippen molar-refractivity contribution in [3.05, 3.63) is 39.6 Å². The highest BCUT2D eigenvalue weighted by atomic mass is 16.6. The summed E-state index contributed by atoms with van der Waals surface area (Å²) in [6.45, 7) is 1.71. The maximum absolute atomic E-state index is 11.0. The molecule has 0 radical (unpaired) electrons. The van der Waals surface area contributed by atoms with Gasteiger partial charge in [-0.05, 0) is 25.8 Å². The van der Waals surface area contributed by atoms with Gasteiger partial charge in [0.15, 0.2) is 5.82 Å². The Morgan fingerprint density at radius 1 is 1.47 bits per heavy atom. The molecule has 2 aromatic rings. The smallest absolute Gasteiger partial charge is 0.274 e. The lowest BCUT2D eigenvalue weighted by Gasteiger charge is -2.06. The first-order chi connectivity index (χ1) is 9.08. The highest BCUT2D eigenvalue weighted by molar-refractivity contribution is 5.51. The highest BCUT2D eigenvalue weighted by Gasteiger charge is 2.31. The zero-order valence-corrected chi connectivity index (χ0v) is 10.4. The van der Waals surface area contributed by atoms with E-state index in [0.29, 0.717) is 23.0 Å². The number of anilines is 1. The molecule has 1 aliphatic rings. The quantitative estimate of drug-likeness (QED) is 0.670. The number of aryl methyl sites for hydroxylation is 1. The Morgan fingerprint density at radius 2 is 2.21 bits per heavy atom. The van der Waals surface area contributed by atoms with E-state index in [1.807, 2.05) is 0 Å². The Labute approximate surface area is 109 Å². The van der Waals surface area contributed by atoms with Crippen LogP contribution < -0.4 is 5.73 Å². The first kappa shape index (κ1) is 11.6. The summed E-state index contributed by atoms with van der Waals surface area (Å²) in [5, 5.41) is 18.8. The van der Waals surface area contributed by atoms with E-state index >= 15 is 0 Å². The molecule has 1 aromatic carbocycles. The third-order valence-corrected chi connectivity index (χ3v) is 3.33. The predicted octanol–water partition coefficient (Wildman–Crippen LogP) is 1.94. The first-order valence-electron chi connectivity index (χ1n) is 6.04. The number of nitro benzene ring substituents is 1. The third-order valence-electron chi connectivity index (χ3n) is 3.33. The lowest BCUT2D eigenvalue weighted by Crippen LogP contribution is -2.04. The maximum atomic E-state index is 11.0. The summed E-state index contributed by atoms with van der Waals surface area (Å²) in [6, 6.07) is 5.01. The van der Waals surface area contributed by atoms with Crippen molar-refractivity contribution in [3.63, 3.8) is 0 Å². The number of benzene rings is 1. The van der Waals surface area contributed by atoms with Crippen LogP contribution in [0.5, 0.6) is 0 Å². The largest absolute Gasteiger partial charge is 0.381 e. The topological polar surface area (TPSA) is 99.9 Å². The highest BCUT2D eigenvalue weighted by Crippen LogP contribution is 2.42. The van der Waals surface area contributed by atoms with E-state index in [1.54, 1.807) is 23.7 Å². The van der Waals surface area contributed by atoms with Gasteiger partial charge >= 0.3 is 0 Å². The molecule has 0 saturated heterocycles. The summed E-state index contributed by atoms with van der Waals surface area (Å²) in [7, 11) is 0. The van der Waals surface area contributed by atoms with Crippen LogP contribution in [0.15, 0.2) is 18.2 Å². The average Bonchev–Trinajstić information content (AvgIpc) is 3.13. The van der Waals surface area contributed by atoms with Crippen LogP contribution in [-0.2, 0) is 0 Å². The van der Waals surface area contributed by atoms with Crippen molar-refractivity contribution in [2.45, 2.75) is 25.7 Å². The van der Waals surface area contributed by atoms with E-state index in [0.717, 1.165) is 18.5 Å². The molecule has 7 nitrogen and oxygen atoms in total. The van der Waals surface area contributed by atoms with Crippen molar-refractivity contribution in [2.75, 3.05) is 5.73 Å². The van der Waals surface area contributed by atoms with E-state index in [4.69, 9.17) is 5.73 Å². The van der Waals surface area contributed by atoms with Crippen LogP contribution in [0.2, 0.25) is 0 Å². The molecule has 2 N–H and O–H groups in total. The maximum Gasteiger partial charge on any atom is 0.274 e. The number of hydrogen-bond donors (Lipinski definition) is 1. The van der Waals surface area contributed by atoms with Crippen LogP contribution >= 0.6 is 0 Å². The van der Waals surface area contributed by atoms with Crippen LogP contribution in [0.1, 0.15) is 30.0 Å². The molecular weight excluding hydrogens is 246 g/mol. The van der Waals surface area contributed by atoms with Gasteiger partial charge in [-0.1, -0.05) is 11.3 Å². The summed E-state index contributed by atoms with van der Waals surface area (Å²) in [6.07, 6.45) is 2.12. The lowest BCUT2D eigenvalue weighted by atomic mass is 10.2. The van der Waals surface area contributed by atoms with E-state index in [2.05, 4.69) is 10.3 Å². The molecule has 1 fully saturated rings. The second-order valence-electron chi connectivity index (χ2n) is 4.77.